The van der Waals surface area contributed by atoms with Crippen molar-refractivity contribution in [3.8, 4) is 0 Å². The third-order valence-corrected chi connectivity index (χ3v) is 16.2. The largest absolute Gasteiger partial charge is 0.466 e. The SMILES string of the molecule is CCCCCCCCCCCCCC/C=C/C(O)C(CO)NC(=O)CCCCCCCCCCCCCCCCCCC/C=C\C/C=C\CCCCCCCCCCCCCOC(=O)CCCCCCCCCCCCC. The summed E-state index contributed by atoms with van der Waals surface area (Å²) in [7, 11) is 0. The Morgan fingerprint density at radius 1 is 0.364 bits per heavy atom. The van der Waals surface area contributed by atoms with Crippen LogP contribution in [0, 0.1) is 0 Å². The highest BCUT2D eigenvalue weighted by Crippen LogP contribution is 2.18. The van der Waals surface area contributed by atoms with Crippen LogP contribution in [-0.4, -0.2) is 47.4 Å². The average Bonchev–Trinajstić information content (AvgIpc) is 3.43. The molecular weight excluding hydrogens is 947 g/mol. The molecule has 6 heteroatoms. The second-order valence-corrected chi connectivity index (χ2v) is 23.9. The number of carbonyl (C=O) groups is 2. The monoisotopic (exact) mass is 1080 g/mol. The van der Waals surface area contributed by atoms with Gasteiger partial charge in [-0.05, 0) is 64.2 Å². The molecule has 0 saturated carbocycles. The molecule has 0 aromatic heterocycles. The number of carbonyl (C=O) groups excluding carboxylic acids is 2. The number of nitrogens with one attached hydrogen (secondary N) is 1. The van der Waals surface area contributed by atoms with Crippen molar-refractivity contribution < 1.29 is 24.5 Å². The lowest BCUT2D eigenvalue weighted by molar-refractivity contribution is -0.143. The number of amides is 1. The van der Waals surface area contributed by atoms with Crippen molar-refractivity contribution in [3.63, 3.8) is 0 Å². The van der Waals surface area contributed by atoms with Crippen molar-refractivity contribution in [1.29, 1.82) is 0 Å². The van der Waals surface area contributed by atoms with Crippen LogP contribution in [0.2, 0.25) is 0 Å². The smallest absolute Gasteiger partial charge is 0.305 e. The summed E-state index contributed by atoms with van der Waals surface area (Å²) in [6.07, 6.45) is 85.2. The number of esters is 1. The molecule has 0 radical (unpaired) electrons. The first-order valence-electron chi connectivity index (χ1n) is 34.8. The number of rotatable bonds is 65. The summed E-state index contributed by atoms with van der Waals surface area (Å²) in [6, 6.07) is -0.625. The minimum Gasteiger partial charge on any atom is -0.466 e. The van der Waals surface area contributed by atoms with Crippen molar-refractivity contribution in [3.05, 3.63) is 36.5 Å². The van der Waals surface area contributed by atoms with Crippen molar-refractivity contribution in [1.82, 2.24) is 5.32 Å². The van der Waals surface area contributed by atoms with E-state index < -0.39 is 12.1 Å². The number of hydrogen-bond acceptors (Lipinski definition) is 5. The van der Waals surface area contributed by atoms with E-state index in [9.17, 15) is 19.8 Å². The van der Waals surface area contributed by atoms with Gasteiger partial charge in [-0.15, -0.1) is 0 Å². The van der Waals surface area contributed by atoms with E-state index in [2.05, 4.69) is 43.5 Å². The van der Waals surface area contributed by atoms with Crippen LogP contribution in [0.1, 0.15) is 380 Å². The summed E-state index contributed by atoms with van der Waals surface area (Å²) in [6.45, 7) is 4.92. The van der Waals surface area contributed by atoms with E-state index in [0.717, 1.165) is 44.9 Å². The number of unbranched alkanes of at least 4 members (excludes halogenated alkanes) is 50. The highest BCUT2D eigenvalue weighted by Gasteiger charge is 2.18. The fraction of sp³-hybridized carbons (Fsp3) is 0.887. The number of allylic oxidation sites excluding steroid dienone is 5. The molecule has 77 heavy (non-hydrogen) atoms. The molecule has 0 aromatic rings. The first-order valence-corrected chi connectivity index (χ1v) is 34.8. The molecule has 0 fully saturated rings. The highest BCUT2D eigenvalue weighted by molar-refractivity contribution is 5.76. The maximum absolute atomic E-state index is 12.5. The van der Waals surface area contributed by atoms with Crippen molar-refractivity contribution >= 4 is 11.9 Å². The Morgan fingerprint density at radius 2 is 0.649 bits per heavy atom. The molecule has 0 saturated heterocycles. The summed E-state index contributed by atoms with van der Waals surface area (Å²) in [5, 5.41) is 23.1. The van der Waals surface area contributed by atoms with Gasteiger partial charge in [0.1, 0.15) is 0 Å². The Morgan fingerprint density at radius 3 is 0.987 bits per heavy atom. The van der Waals surface area contributed by atoms with Gasteiger partial charge in [-0.25, -0.2) is 0 Å². The summed E-state index contributed by atoms with van der Waals surface area (Å²) in [5.74, 6) is -0.0476. The van der Waals surface area contributed by atoms with Gasteiger partial charge in [0.25, 0.3) is 0 Å². The second kappa shape index (κ2) is 66.6. The van der Waals surface area contributed by atoms with E-state index >= 15 is 0 Å². The lowest BCUT2D eigenvalue weighted by atomic mass is 10.0. The van der Waals surface area contributed by atoms with Crippen LogP contribution in [0.3, 0.4) is 0 Å². The summed E-state index contributed by atoms with van der Waals surface area (Å²) in [4.78, 5) is 24.5. The average molecular weight is 1080 g/mol. The first-order chi connectivity index (χ1) is 38.0. The first kappa shape index (κ1) is 75.1. The Labute approximate surface area is 481 Å². The summed E-state index contributed by atoms with van der Waals surface area (Å²) in [5.41, 5.74) is 0. The minimum absolute atomic E-state index is 0.0164. The van der Waals surface area contributed by atoms with Gasteiger partial charge in [0.15, 0.2) is 0 Å². The predicted octanol–water partition coefficient (Wildman–Crippen LogP) is 22.3. The normalized spacial score (nSPS) is 12.7. The second-order valence-electron chi connectivity index (χ2n) is 23.9. The van der Waals surface area contributed by atoms with Crippen LogP contribution in [0.25, 0.3) is 0 Å². The topological polar surface area (TPSA) is 95.9 Å². The van der Waals surface area contributed by atoms with Gasteiger partial charge in [0.2, 0.25) is 5.91 Å². The van der Waals surface area contributed by atoms with Crippen LogP contribution in [0.15, 0.2) is 36.5 Å². The number of ether oxygens (including phenoxy) is 1. The zero-order chi connectivity index (χ0) is 55.7. The van der Waals surface area contributed by atoms with Gasteiger partial charge in [-0.1, -0.05) is 339 Å². The van der Waals surface area contributed by atoms with Gasteiger partial charge in [-0.2, -0.15) is 0 Å². The lowest BCUT2D eigenvalue weighted by Crippen LogP contribution is -2.45. The molecule has 0 heterocycles. The van der Waals surface area contributed by atoms with Crippen molar-refractivity contribution in [2.45, 2.75) is 392 Å². The van der Waals surface area contributed by atoms with Gasteiger partial charge >= 0.3 is 5.97 Å². The Bertz CT molecular complexity index is 1250. The molecule has 0 spiro atoms. The molecule has 0 rings (SSSR count). The highest BCUT2D eigenvalue weighted by atomic mass is 16.5. The fourth-order valence-corrected chi connectivity index (χ4v) is 10.8. The molecule has 3 N–H and O–H groups in total. The van der Waals surface area contributed by atoms with Gasteiger partial charge in [0, 0.05) is 12.8 Å². The van der Waals surface area contributed by atoms with E-state index in [1.165, 1.54) is 308 Å². The maximum atomic E-state index is 12.5. The predicted molar refractivity (Wildman–Crippen MR) is 338 cm³/mol. The third kappa shape index (κ3) is 63.1. The van der Waals surface area contributed by atoms with Crippen LogP contribution >= 0.6 is 0 Å². The van der Waals surface area contributed by atoms with E-state index in [1.54, 1.807) is 6.08 Å². The van der Waals surface area contributed by atoms with Crippen molar-refractivity contribution in [2.24, 2.45) is 0 Å². The van der Waals surface area contributed by atoms with Crippen LogP contribution in [0.4, 0.5) is 0 Å². The molecule has 6 nitrogen and oxygen atoms in total. The molecule has 1 amide bonds. The molecule has 0 aromatic carbocycles. The Kier molecular flexibility index (Phi) is 64.9. The van der Waals surface area contributed by atoms with E-state index in [4.69, 9.17) is 4.74 Å². The zero-order valence-electron chi connectivity index (χ0n) is 52.0. The Hall–Kier alpha value is -1.92. The number of aliphatic hydroxyl groups is 2. The van der Waals surface area contributed by atoms with Crippen LogP contribution < -0.4 is 5.32 Å². The minimum atomic E-state index is -0.842. The molecular formula is C71H135NO5. The van der Waals surface area contributed by atoms with Crippen molar-refractivity contribution in [2.75, 3.05) is 13.2 Å². The number of hydrogen-bond donors (Lipinski definition) is 3. The van der Waals surface area contributed by atoms with Gasteiger partial charge in [-0.3, -0.25) is 9.59 Å². The van der Waals surface area contributed by atoms with Gasteiger partial charge < -0.3 is 20.3 Å². The Balaban J connectivity index is 3.38. The standard InChI is InChI=1S/C71H135NO5/c1-3-5-7-9-11-13-15-16-40-44-47-51-55-59-63-69(74)68(67-73)72-70(75)64-60-56-52-48-45-41-38-36-34-32-30-28-26-24-22-20-18-17-19-21-23-25-27-29-31-33-35-37-39-42-46-50-54-58-62-66-77-71(76)65-61-57-53-49-43-14-12-10-8-6-4-2/h19,21,25,27,59,63,68-69,73-74H,3-18,20,22-24,26,28-58,60-62,64-67H2,1-2H3,(H,72,75)/b21-19-,27-25-,63-59+. The zero-order valence-corrected chi connectivity index (χ0v) is 52.0. The quantitative estimate of drug-likeness (QED) is 0.0320. The van der Waals surface area contributed by atoms with Gasteiger partial charge in [0.05, 0.1) is 25.4 Å². The molecule has 0 aliphatic rings. The van der Waals surface area contributed by atoms with E-state index in [0.29, 0.717) is 19.4 Å². The van der Waals surface area contributed by atoms with Crippen LogP contribution in [0.5, 0.6) is 0 Å². The van der Waals surface area contributed by atoms with E-state index in [1.807, 2.05) is 6.08 Å². The lowest BCUT2D eigenvalue weighted by Gasteiger charge is -2.20. The third-order valence-electron chi connectivity index (χ3n) is 16.2. The molecule has 0 aliphatic carbocycles. The molecule has 0 aliphatic heterocycles. The summed E-state index contributed by atoms with van der Waals surface area (Å²) >= 11 is 0. The maximum Gasteiger partial charge on any atom is 0.305 e. The molecule has 0 bridgehead atoms. The molecule has 454 valence electrons. The molecule has 2 atom stereocenters. The fourth-order valence-electron chi connectivity index (χ4n) is 10.8. The summed E-state index contributed by atoms with van der Waals surface area (Å²) < 4.78 is 5.47. The molecule has 2 unspecified atom stereocenters. The van der Waals surface area contributed by atoms with Crippen LogP contribution in [-0.2, 0) is 14.3 Å². The number of aliphatic hydroxyl groups excluding tert-OH is 2. The van der Waals surface area contributed by atoms with E-state index in [-0.39, 0.29) is 18.5 Å².